The summed E-state index contributed by atoms with van der Waals surface area (Å²) < 4.78 is 84.8. The molecule has 1 amide bonds. The predicted molar refractivity (Wildman–Crippen MR) is 107 cm³/mol. The van der Waals surface area contributed by atoms with Crippen LogP contribution in [0.15, 0.2) is 29.2 Å². The fourth-order valence-corrected chi connectivity index (χ4v) is 4.78. The number of alkyl halides is 4. The maximum atomic E-state index is 13.3. The fraction of sp³-hybridized carbons (Fsp3) is 0.444. The molecule has 1 unspecified atom stereocenters. The van der Waals surface area contributed by atoms with E-state index in [1.807, 2.05) is 0 Å². The van der Waals surface area contributed by atoms with Crippen LogP contribution in [0.3, 0.4) is 0 Å². The molecule has 0 radical (unpaired) electrons. The summed E-state index contributed by atoms with van der Waals surface area (Å²) in [6, 6.07) is 3.82. The lowest BCUT2D eigenvalue weighted by Gasteiger charge is -2.26. The summed E-state index contributed by atoms with van der Waals surface area (Å²) in [5.41, 5.74) is -1.86. The van der Waals surface area contributed by atoms with Gasteiger partial charge in [-0.2, -0.15) is 9.40 Å². The van der Waals surface area contributed by atoms with Crippen LogP contribution < -0.4 is 5.32 Å². The second kappa shape index (κ2) is 9.73. The molecular weight excluding hydrogens is 480 g/mol. The maximum Gasteiger partial charge on any atom is 0.283 e. The number of aromatic nitrogens is 2. The van der Waals surface area contributed by atoms with Crippen LogP contribution in [0.1, 0.15) is 37.2 Å². The molecule has 1 aliphatic rings. The normalized spacial score (nSPS) is 16.5. The summed E-state index contributed by atoms with van der Waals surface area (Å²) in [6.07, 6.45) is -6.43. The number of anilines is 1. The van der Waals surface area contributed by atoms with Crippen LogP contribution in [0.2, 0.25) is 5.02 Å². The Morgan fingerprint density at radius 2 is 1.72 bits per heavy atom. The van der Waals surface area contributed by atoms with Crippen molar-refractivity contribution >= 4 is 33.2 Å². The van der Waals surface area contributed by atoms with Gasteiger partial charge >= 0.3 is 0 Å². The van der Waals surface area contributed by atoms with Gasteiger partial charge in [0.05, 0.1) is 23.1 Å². The van der Waals surface area contributed by atoms with Crippen LogP contribution >= 0.6 is 11.6 Å². The third kappa shape index (κ3) is 4.90. The summed E-state index contributed by atoms with van der Waals surface area (Å²) >= 11 is 5.61. The van der Waals surface area contributed by atoms with Gasteiger partial charge in [-0.1, -0.05) is 11.6 Å². The Morgan fingerprint density at radius 1 is 1.12 bits per heavy atom. The maximum absolute atomic E-state index is 13.3. The number of carbonyl (C=O) groups excluding carboxylic acids is 1. The molecule has 1 atom stereocenters. The number of rotatable bonds is 7. The van der Waals surface area contributed by atoms with Crippen LogP contribution in [0.25, 0.3) is 0 Å². The van der Waals surface area contributed by atoms with Gasteiger partial charge < -0.3 is 10.1 Å². The second-order valence-corrected chi connectivity index (χ2v) is 9.15. The van der Waals surface area contributed by atoms with Crippen LogP contribution in [0.4, 0.5) is 23.2 Å². The summed E-state index contributed by atoms with van der Waals surface area (Å²) in [7, 11) is -3.73. The average molecular weight is 499 g/mol. The molecule has 1 aromatic heterocycles. The lowest BCUT2D eigenvalue weighted by Crippen LogP contribution is -2.40. The quantitative estimate of drug-likeness (QED) is 0.588. The van der Waals surface area contributed by atoms with Gasteiger partial charge in [0.2, 0.25) is 15.9 Å². The molecule has 0 spiro atoms. The SMILES string of the molecule is CC(C(=O)Nc1ccc(S(=O)(=O)N2CCOCC2)cc1)n1nc(C(F)F)c(Cl)c1C(F)F. The highest BCUT2D eigenvalue weighted by atomic mass is 35.5. The molecular formula is C18H19ClF4N4O4S. The first-order valence-electron chi connectivity index (χ1n) is 9.37. The Bertz CT molecular complexity index is 1070. The number of sulfonamides is 1. The minimum Gasteiger partial charge on any atom is -0.379 e. The van der Waals surface area contributed by atoms with Gasteiger partial charge in [0.1, 0.15) is 17.4 Å². The number of halogens is 5. The van der Waals surface area contributed by atoms with E-state index in [2.05, 4.69) is 10.4 Å². The Kier molecular flexibility index (Phi) is 7.43. The number of morpholine rings is 1. The molecule has 1 saturated heterocycles. The van der Waals surface area contributed by atoms with Crippen molar-refractivity contribution in [3.05, 3.63) is 40.7 Å². The molecule has 14 heteroatoms. The highest BCUT2D eigenvalue weighted by molar-refractivity contribution is 7.89. The van der Waals surface area contributed by atoms with Crippen molar-refractivity contribution in [2.45, 2.75) is 30.7 Å². The van der Waals surface area contributed by atoms with Gasteiger partial charge in [0, 0.05) is 18.8 Å². The fourth-order valence-electron chi connectivity index (χ4n) is 3.08. The average Bonchev–Trinajstić information content (AvgIpc) is 3.11. The van der Waals surface area contributed by atoms with Gasteiger partial charge in [0.25, 0.3) is 12.9 Å². The monoisotopic (exact) mass is 498 g/mol. The molecule has 1 aliphatic heterocycles. The number of hydrogen-bond acceptors (Lipinski definition) is 5. The van der Waals surface area contributed by atoms with E-state index in [-0.39, 0.29) is 36.9 Å². The molecule has 2 heterocycles. The van der Waals surface area contributed by atoms with Crippen LogP contribution in [-0.4, -0.2) is 54.7 Å². The van der Waals surface area contributed by atoms with Crippen molar-refractivity contribution in [2.24, 2.45) is 0 Å². The lowest BCUT2D eigenvalue weighted by atomic mass is 10.2. The van der Waals surface area contributed by atoms with E-state index in [0.29, 0.717) is 4.68 Å². The van der Waals surface area contributed by atoms with Crippen molar-refractivity contribution in [1.29, 1.82) is 0 Å². The van der Waals surface area contributed by atoms with E-state index in [1.165, 1.54) is 35.5 Å². The summed E-state index contributed by atoms with van der Waals surface area (Å²) in [5, 5.41) is 4.91. The predicted octanol–water partition coefficient (Wildman–Crippen LogP) is 3.63. The zero-order valence-electron chi connectivity index (χ0n) is 16.6. The topological polar surface area (TPSA) is 93.5 Å². The Labute approximate surface area is 186 Å². The second-order valence-electron chi connectivity index (χ2n) is 6.84. The van der Waals surface area contributed by atoms with E-state index < -0.39 is 51.2 Å². The smallest absolute Gasteiger partial charge is 0.283 e. The van der Waals surface area contributed by atoms with E-state index in [1.54, 1.807) is 0 Å². The minimum atomic E-state index is -3.73. The van der Waals surface area contributed by atoms with Gasteiger partial charge in [0.15, 0.2) is 0 Å². The number of nitrogens with zero attached hydrogens (tertiary/aromatic N) is 3. The number of hydrogen-bond donors (Lipinski definition) is 1. The van der Waals surface area contributed by atoms with Crippen molar-refractivity contribution < 1.29 is 35.5 Å². The number of carbonyl (C=O) groups is 1. The molecule has 2 aromatic rings. The van der Waals surface area contributed by atoms with Crippen molar-refractivity contribution in [2.75, 3.05) is 31.6 Å². The number of amides is 1. The molecule has 1 N–H and O–H groups in total. The highest BCUT2D eigenvalue weighted by Crippen LogP contribution is 2.36. The van der Waals surface area contributed by atoms with E-state index >= 15 is 0 Å². The Balaban J connectivity index is 1.77. The van der Waals surface area contributed by atoms with Crippen LogP contribution in [-0.2, 0) is 19.6 Å². The highest BCUT2D eigenvalue weighted by Gasteiger charge is 2.32. The van der Waals surface area contributed by atoms with Crippen LogP contribution in [0, 0.1) is 0 Å². The molecule has 1 fully saturated rings. The van der Waals surface area contributed by atoms with E-state index in [9.17, 15) is 30.8 Å². The molecule has 32 heavy (non-hydrogen) atoms. The number of benzene rings is 1. The zero-order valence-corrected chi connectivity index (χ0v) is 18.2. The first kappa shape index (κ1) is 24.4. The van der Waals surface area contributed by atoms with Gasteiger partial charge in [-0.15, -0.1) is 0 Å². The lowest BCUT2D eigenvalue weighted by molar-refractivity contribution is -0.119. The largest absolute Gasteiger partial charge is 0.379 e. The van der Waals surface area contributed by atoms with Crippen molar-refractivity contribution in [1.82, 2.24) is 14.1 Å². The number of ether oxygens (including phenoxy) is 1. The number of nitrogens with one attached hydrogen (secondary N) is 1. The molecule has 0 aliphatic carbocycles. The van der Waals surface area contributed by atoms with Crippen molar-refractivity contribution in [3.8, 4) is 0 Å². The van der Waals surface area contributed by atoms with E-state index in [0.717, 1.165) is 0 Å². The van der Waals surface area contributed by atoms with E-state index in [4.69, 9.17) is 16.3 Å². The molecule has 0 saturated carbocycles. The molecule has 176 valence electrons. The van der Waals surface area contributed by atoms with Crippen molar-refractivity contribution in [3.63, 3.8) is 0 Å². The minimum absolute atomic E-state index is 0.00543. The summed E-state index contributed by atoms with van der Waals surface area (Å²) in [5.74, 6) is -0.837. The van der Waals surface area contributed by atoms with Gasteiger partial charge in [-0.3, -0.25) is 4.79 Å². The van der Waals surface area contributed by atoms with Crippen LogP contribution in [0.5, 0.6) is 0 Å². The van der Waals surface area contributed by atoms with Gasteiger partial charge in [-0.25, -0.2) is 30.7 Å². The summed E-state index contributed by atoms with van der Waals surface area (Å²) in [6.45, 7) is 2.21. The first-order valence-corrected chi connectivity index (χ1v) is 11.2. The molecule has 1 aromatic carbocycles. The molecule has 3 rings (SSSR count). The zero-order chi connectivity index (χ0) is 23.6. The third-order valence-corrected chi connectivity index (χ3v) is 7.10. The third-order valence-electron chi connectivity index (χ3n) is 4.80. The Hall–Kier alpha value is -2.22. The Morgan fingerprint density at radius 3 is 2.25 bits per heavy atom. The summed E-state index contributed by atoms with van der Waals surface area (Å²) in [4.78, 5) is 12.5. The molecule has 8 nitrogen and oxygen atoms in total. The molecule has 0 bridgehead atoms. The first-order chi connectivity index (χ1) is 15.0. The standard InChI is InChI=1S/C18H19ClF4N4O4S/c1-10(27-15(17(22)23)13(19)14(25-27)16(20)21)18(28)24-11-2-4-12(5-3-11)32(29,30)26-6-8-31-9-7-26/h2-5,10,16-17H,6-9H2,1H3,(H,24,28). The van der Waals surface area contributed by atoms with Gasteiger partial charge in [-0.05, 0) is 31.2 Å².